The van der Waals surface area contributed by atoms with E-state index in [-0.39, 0.29) is 17.3 Å². The van der Waals surface area contributed by atoms with Crippen LogP contribution in [0.25, 0.3) is 17.0 Å². The van der Waals surface area contributed by atoms with Crippen LogP contribution in [0.4, 0.5) is 0 Å². The third-order valence-corrected chi connectivity index (χ3v) is 5.10. The lowest BCUT2D eigenvalue weighted by molar-refractivity contribution is 0.101. The number of hydrogen-bond donors (Lipinski definition) is 2. The van der Waals surface area contributed by atoms with Gasteiger partial charge in [-0.2, -0.15) is 0 Å². The molecule has 0 aliphatic carbocycles. The molecule has 0 spiro atoms. The van der Waals surface area contributed by atoms with E-state index in [0.717, 1.165) is 29.6 Å². The number of ether oxygens (including phenoxy) is 1. The predicted molar refractivity (Wildman–Crippen MR) is 106 cm³/mol. The number of nitrogens with zero attached hydrogens (tertiary/aromatic N) is 1. The number of aromatic hydroxyl groups is 1. The number of aromatic nitrogens is 1. The largest absolute Gasteiger partial charge is 0.507 e. The smallest absolute Gasteiger partial charge is 0.231 e. The molecular formula is C22H22N2O3. The van der Waals surface area contributed by atoms with Crippen molar-refractivity contribution < 1.29 is 14.6 Å². The minimum Gasteiger partial charge on any atom is -0.507 e. The zero-order valence-corrected chi connectivity index (χ0v) is 15.5. The second-order valence-corrected chi connectivity index (χ2v) is 6.63. The number of carbonyl (C=O) groups excluding carboxylic acids is 1. The molecule has 0 unspecified atom stereocenters. The summed E-state index contributed by atoms with van der Waals surface area (Å²) in [4.78, 5) is 18.2. The van der Waals surface area contributed by atoms with Gasteiger partial charge < -0.3 is 14.8 Å². The lowest BCUT2D eigenvalue weighted by Gasteiger charge is -2.20. The van der Waals surface area contributed by atoms with Crippen LogP contribution in [0.5, 0.6) is 11.5 Å². The van der Waals surface area contributed by atoms with Gasteiger partial charge in [0, 0.05) is 29.2 Å². The highest BCUT2D eigenvalue weighted by atomic mass is 16.5. The molecule has 27 heavy (non-hydrogen) atoms. The number of para-hydroxylation sites is 1. The van der Waals surface area contributed by atoms with E-state index in [2.05, 4.69) is 23.7 Å². The minimum atomic E-state index is -0.156. The fourth-order valence-electron chi connectivity index (χ4n) is 3.48. The van der Waals surface area contributed by atoms with E-state index < -0.39 is 0 Å². The lowest BCUT2D eigenvalue weighted by Crippen LogP contribution is -2.22. The maximum absolute atomic E-state index is 12.8. The number of hydrogen-bond acceptors (Lipinski definition) is 4. The molecule has 4 rings (SSSR count). The molecule has 0 bridgehead atoms. The topological polar surface area (TPSA) is 65.6 Å². The molecule has 1 aromatic heterocycles. The lowest BCUT2D eigenvalue weighted by atomic mass is 10.0. The molecule has 0 saturated heterocycles. The van der Waals surface area contributed by atoms with Gasteiger partial charge in [0.15, 0.2) is 5.76 Å². The molecule has 0 radical (unpaired) electrons. The fraction of sp³-hybridized carbons (Fsp3) is 0.227. The Kier molecular flexibility index (Phi) is 4.46. The first-order valence-electron chi connectivity index (χ1n) is 9.20. The van der Waals surface area contributed by atoms with Crippen molar-refractivity contribution in [3.8, 4) is 11.5 Å². The summed E-state index contributed by atoms with van der Waals surface area (Å²) in [5.41, 5.74) is 3.07. The van der Waals surface area contributed by atoms with Crippen LogP contribution in [0.2, 0.25) is 0 Å². The first-order chi connectivity index (χ1) is 13.1. The van der Waals surface area contributed by atoms with Crippen LogP contribution in [0.1, 0.15) is 35.3 Å². The van der Waals surface area contributed by atoms with Gasteiger partial charge in [-0.3, -0.25) is 9.69 Å². The number of phenolic OH excluding ortho intramolecular Hbond substituents is 1. The second-order valence-electron chi connectivity index (χ2n) is 6.63. The van der Waals surface area contributed by atoms with Crippen molar-refractivity contribution in [1.82, 2.24) is 9.88 Å². The van der Waals surface area contributed by atoms with Crippen molar-refractivity contribution in [1.29, 1.82) is 0 Å². The van der Waals surface area contributed by atoms with Crippen molar-refractivity contribution in [2.75, 3.05) is 13.1 Å². The molecular weight excluding hydrogens is 340 g/mol. The normalized spacial score (nSPS) is 14.9. The Hall–Kier alpha value is -3.05. The monoisotopic (exact) mass is 362 g/mol. The summed E-state index contributed by atoms with van der Waals surface area (Å²) in [5, 5.41) is 11.4. The zero-order valence-electron chi connectivity index (χ0n) is 15.5. The van der Waals surface area contributed by atoms with E-state index in [1.165, 1.54) is 0 Å². The van der Waals surface area contributed by atoms with Crippen LogP contribution in [0.3, 0.4) is 0 Å². The number of H-pyrrole nitrogens is 1. The number of nitrogens with one attached hydrogen (secondary N) is 1. The van der Waals surface area contributed by atoms with Crippen molar-refractivity contribution >= 4 is 22.8 Å². The average molecular weight is 362 g/mol. The molecule has 0 saturated carbocycles. The number of phenols is 1. The van der Waals surface area contributed by atoms with Crippen LogP contribution in [0.15, 0.2) is 48.4 Å². The van der Waals surface area contributed by atoms with Gasteiger partial charge in [-0.25, -0.2) is 0 Å². The van der Waals surface area contributed by atoms with Gasteiger partial charge in [0.25, 0.3) is 0 Å². The summed E-state index contributed by atoms with van der Waals surface area (Å²) in [6.07, 6.45) is 3.63. The summed E-state index contributed by atoms with van der Waals surface area (Å²) in [7, 11) is 0. The van der Waals surface area contributed by atoms with Crippen molar-refractivity contribution in [3.63, 3.8) is 0 Å². The van der Waals surface area contributed by atoms with E-state index in [1.807, 2.05) is 30.5 Å². The highest BCUT2D eigenvalue weighted by Gasteiger charge is 2.31. The summed E-state index contributed by atoms with van der Waals surface area (Å²) < 4.78 is 5.95. The first kappa shape index (κ1) is 17.4. The molecule has 5 heteroatoms. The van der Waals surface area contributed by atoms with Gasteiger partial charge in [-0.15, -0.1) is 0 Å². The van der Waals surface area contributed by atoms with Crippen LogP contribution in [-0.4, -0.2) is 33.9 Å². The number of allylic oxidation sites excluding steroid dienone is 1. The Morgan fingerprint density at radius 3 is 2.70 bits per heavy atom. The molecule has 1 aliphatic rings. The Morgan fingerprint density at radius 2 is 1.93 bits per heavy atom. The maximum atomic E-state index is 12.8. The maximum Gasteiger partial charge on any atom is 0.231 e. The van der Waals surface area contributed by atoms with Gasteiger partial charge in [0.05, 0.1) is 11.1 Å². The Bertz CT molecular complexity index is 1040. The van der Waals surface area contributed by atoms with Crippen molar-refractivity contribution in [2.24, 2.45) is 0 Å². The molecule has 138 valence electrons. The van der Waals surface area contributed by atoms with Crippen LogP contribution >= 0.6 is 0 Å². The predicted octanol–water partition coefficient (Wildman–Crippen LogP) is 4.33. The summed E-state index contributed by atoms with van der Waals surface area (Å²) >= 11 is 0. The highest BCUT2D eigenvalue weighted by molar-refractivity contribution is 6.15. The minimum absolute atomic E-state index is 0.154. The number of rotatable bonds is 5. The number of ketones is 1. The second kappa shape index (κ2) is 6.93. The first-order valence-corrected chi connectivity index (χ1v) is 9.20. The van der Waals surface area contributed by atoms with Crippen LogP contribution in [0, 0.1) is 0 Å². The molecule has 2 aromatic carbocycles. The molecule has 0 amide bonds. The quantitative estimate of drug-likeness (QED) is 0.663. The summed E-state index contributed by atoms with van der Waals surface area (Å²) in [6.45, 7) is 6.38. The van der Waals surface area contributed by atoms with Crippen LogP contribution < -0.4 is 4.74 Å². The summed E-state index contributed by atoms with van der Waals surface area (Å²) in [5.74, 6) is 0.747. The number of aromatic amines is 1. The molecule has 3 aromatic rings. The molecule has 2 N–H and O–H groups in total. The fourth-order valence-corrected chi connectivity index (χ4v) is 3.48. The van der Waals surface area contributed by atoms with Crippen molar-refractivity contribution in [3.05, 3.63) is 65.0 Å². The van der Waals surface area contributed by atoms with E-state index in [1.54, 1.807) is 18.2 Å². The van der Waals surface area contributed by atoms with E-state index in [0.29, 0.717) is 23.4 Å². The number of carbonyl (C=O) groups is 1. The van der Waals surface area contributed by atoms with Gasteiger partial charge in [0.1, 0.15) is 11.5 Å². The van der Waals surface area contributed by atoms with Gasteiger partial charge >= 0.3 is 0 Å². The Balaban J connectivity index is 1.73. The number of fused-ring (bicyclic) bond motifs is 2. The highest BCUT2D eigenvalue weighted by Crippen LogP contribution is 2.40. The summed E-state index contributed by atoms with van der Waals surface area (Å²) in [6, 6.07) is 11.1. The molecule has 1 aliphatic heterocycles. The molecule has 5 nitrogen and oxygen atoms in total. The standard InChI is InChI=1S/C22H22N2O3/c1-3-24(4-2)13-17-19(25)10-9-16-21(26)20(27-22(16)17)11-14-12-23-18-8-6-5-7-15(14)18/h5-12,23,25H,3-4,13H2,1-2H3/b20-11+. The van der Waals surface area contributed by atoms with E-state index >= 15 is 0 Å². The third-order valence-electron chi connectivity index (χ3n) is 5.10. The average Bonchev–Trinajstić information content (AvgIpc) is 3.23. The third kappa shape index (κ3) is 3.00. The van der Waals surface area contributed by atoms with Gasteiger partial charge in [-0.1, -0.05) is 32.0 Å². The molecule has 2 heterocycles. The Morgan fingerprint density at radius 1 is 1.15 bits per heavy atom. The molecule has 0 fully saturated rings. The SMILES string of the molecule is CCN(CC)Cc1c(O)ccc2c1O/C(=C/c1c[nH]c3ccccc13)C2=O. The van der Waals surface area contributed by atoms with Gasteiger partial charge in [0.2, 0.25) is 5.78 Å². The van der Waals surface area contributed by atoms with Gasteiger partial charge in [-0.05, 0) is 37.4 Å². The van der Waals surface area contributed by atoms with Crippen LogP contribution in [-0.2, 0) is 6.54 Å². The van der Waals surface area contributed by atoms with Crippen molar-refractivity contribution in [2.45, 2.75) is 20.4 Å². The Labute approximate surface area is 157 Å². The number of Topliss-reactive ketones (excluding diaryl/α,β-unsaturated/α-hetero) is 1. The number of benzene rings is 2. The van der Waals surface area contributed by atoms with E-state index in [4.69, 9.17) is 4.74 Å². The molecule has 0 atom stereocenters. The zero-order chi connectivity index (χ0) is 19.0. The van der Waals surface area contributed by atoms with E-state index in [9.17, 15) is 9.90 Å².